The summed E-state index contributed by atoms with van der Waals surface area (Å²) in [5.41, 5.74) is 0.709. The summed E-state index contributed by atoms with van der Waals surface area (Å²) in [7, 11) is 0. The zero-order chi connectivity index (χ0) is 16.4. The molecular weight excluding hydrogens is 279 g/mol. The largest absolute Gasteiger partial charge is 0.490 e. The van der Waals surface area contributed by atoms with E-state index in [1.54, 1.807) is 6.07 Å². The Bertz CT molecular complexity index is 455. The van der Waals surface area contributed by atoms with Crippen LogP contribution in [0.1, 0.15) is 64.9 Å². The fraction of sp³-hybridized carbons (Fsp3) is 0.632. The first kappa shape index (κ1) is 18.7. The van der Waals surface area contributed by atoms with Crippen molar-refractivity contribution in [2.45, 2.75) is 65.7 Å². The molecule has 0 radical (unpaired) electrons. The van der Waals surface area contributed by atoms with Crippen LogP contribution in [0.15, 0.2) is 18.2 Å². The number of hydrogen-bond acceptors (Lipinski definition) is 2. The van der Waals surface area contributed by atoms with Crippen molar-refractivity contribution < 1.29 is 13.9 Å². The number of aryl methyl sites for hydroxylation is 1. The molecule has 0 unspecified atom stereocenters. The van der Waals surface area contributed by atoms with Gasteiger partial charge in [-0.05, 0) is 43.2 Å². The van der Waals surface area contributed by atoms with Gasteiger partial charge in [0.05, 0.1) is 6.61 Å². The van der Waals surface area contributed by atoms with Gasteiger partial charge in [0.25, 0.3) is 0 Å². The summed E-state index contributed by atoms with van der Waals surface area (Å²) in [5, 5.41) is 0. The molecule has 1 aromatic rings. The zero-order valence-electron chi connectivity index (χ0n) is 14.2. The number of benzene rings is 1. The summed E-state index contributed by atoms with van der Waals surface area (Å²) in [6.07, 6.45) is 5.75. The highest BCUT2D eigenvalue weighted by atomic mass is 19.1. The fourth-order valence-corrected chi connectivity index (χ4v) is 2.34. The van der Waals surface area contributed by atoms with Gasteiger partial charge in [0.1, 0.15) is 5.78 Å². The van der Waals surface area contributed by atoms with Crippen LogP contribution < -0.4 is 4.74 Å². The van der Waals surface area contributed by atoms with Crippen LogP contribution in [0.5, 0.6) is 5.75 Å². The predicted octanol–water partition coefficient (Wildman–Crippen LogP) is 5.33. The molecule has 0 atom stereocenters. The van der Waals surface area contributed by atoms with Crippen molar-refractivity contribution in [3.8, 4) is 5.75 Å². The van der Waals surface area contributed by atoms with E-state index in [2.05, 4.69) is 0 Å². The summed E-state index contributed by atoms with van der Waals surface area (Å²) >= 11 is 0. The third-order valence-corrected chi connectivity index (χ3v) is 3.55. The van der Waals surface area contributed by atoms with Gasteiger partial charge in [-0.1, -0.05) is 39.3 Å². The molecule has 124 valence electrons. The van der Waals surface area contributed by atoms with Crippen LogP contribution >= 0.6 is 0 Å². The van der Waals surface area contributed by atoms with Crippen LogP contribution in [-0.2, 0) is 11.2 Å². The minimum Gasteiger partial charge on any atom is -0.490 e. The highest BCUT2D eigenvalue weighted by Crippen LogP contribution is 2.22. The second-order valence-corrected chi connectivity index (χ2v) is 6.28. The van der Waals surface area contributed by atoms with Crippen LogP contribution in [-0.4, -0.2) is 12.4 Å². The number of ketones is 1. The Morgan fingerprint density at radius 3 is 2.64 bits per heavy atom. The number of halogens is 1. The smallest absolute Gasteiger partial charge is 0.168 e. The Balaban J connectivity index is 2.36. The van der Waals surface area contributed by atoms with Gasteiger partial charge in [-0.25, -0.2) is 4.39 Å². The minimum atomic E-state index is -0.231. The molecule has 2 nitrogen and oxygen atoms in total. The van der Waals surface area contributed by atoms with Gasteiger partial charge in [0.15, 0.2) is 11.6 Å². The number of carbonyl (C=O) groups excluding carboxylic acids is 1. The molecule has 0 aromatic heterocycles. The second kappa shape index (κ2) is 10.4. The molecule has 22 heavy (non-hydrogen) atoms. The number of ether oxygens (including phenoxy) is 1. The first-order valence-corrected chi connectivity index (χ1v) is 8.46. The maximum atomic E-state index is 14.3. The van der Waals surface area contributed by atoms with Gasteiger partial charge in [0, 0.05) is 12.8 Å². The normalized spacial score (nSPS) is 11.0. The lowest BCUT2D eigenvalue weighted by Crippen LogP contribution is -2.06. The van der Waals surface area contributed by atoms with E-state index in [0.717, 1.165) is 25.7 Å². The molecule has 0 aliphatic heterocycles. The van der Waals surface area contributed by atoms with Crippen LogP contribution in [0, 0.1) is 11.7 Å². The number of carbonyl (C=O) groups is 1. The van der Waals surface area contributed by atoms with Gasteiger partial charge in [-0.15, -0.1) is 0 Å². The number of unbranched alkanes of at least 4 members (excludes halogenated alkanes) is 2. The van der Waals surface area contributed by atoms with E-state index in [1.165, 1.54) is 0 Å². The van der Waals surface area contributed by atoms with E-state index in [1.807, 2.05) is 32.9 Å². The number of hydrogen-bond donors (Lipinski definition) is 0. The molecule has 1 rings (SSSR count). The first-order chi connectivity index (χ1) is 10.5. The van der Waals surface area contributed by atoms with Crippen LogP contribution in [0.2, 0.25) is 0 Å². The predicted molar refractivity (Wildman–Crippen MR) is 88.8 cm³/mol. The SMILES string of the molecule is CCCC(=O)CCCCCc1cccc(OCC(C)C)c1F. The average Bonchev–Trinajstić information content (AvgIpc) is 2.47. The molecule has 1 aromatic carbocycles. The molecule has 0 N–H and O–H groups in total. The van der Waals surface area contributed by atoms with Crippen molar-refractivity contribution in [1.29, 1.82) is 0 Å². The summed E-state index contributed by atoms with van der Waals surface area (Å²) in [6.45, 7) is 6.64. The molecule has 0 spiro atoms. The highest BCUT2D eigenvalue weighted by molar-refractivity contribution is 5.78. The van der Waals surface area contributed by atoms with Crippen molar-refractivity contribution >= 4 is 5.78 Å². The quantitative estimate of drug-likeness (QED) is 0.516. The zero-order valence-corrected chi connectivity index (χ0v) is 14.2. The monoisotopic (exact) mass is 308 g/mol. The van der Waals surface area contributed by atoms with Gasteiger partial charge in [-0.2, -0.15) is 0 Å². The van der Waals surface area contributed by atoms with Crippen molar-refractivity contribution in [1.82, 2.24) is 0 Å². The topological polar surface area (TPSA) is 26.3 Å². The van der Waals surface area contributed by atoms with Crippen LogP contribution in [0.25, 0.3) is 0 Å². The number of rotatable bonds is 11. The molecule has 0 heterocycles. The molecule has 0 fully saturated rings. The number of Topliss-reactive ketones (excluding diaryl/α,β-unsaturated/α-hetero) is 1. The molecule has 0 aliphatic carbocycles. The summed E-state index contributed by atoms with van der Waals surface area (Å²) in [6, 6.07) is 5.35. The second-order valence-electron chi connectivity index (χ2n) is 6.28. The lowest BCUT2D eigenvalue weighted by atomic mass is 10.0. The van der Waals surface area contributed by atoms with E-state index in [4.69, 9.17) is 4.74 Å². The van der Waals surface area contributed by atoms with Crippen molar-refractivity contribution in [2.24, 2.45) is 5.92 Å². The van der Waals surface area contributed by atoms with Gasteiger partial charge in [0.2, 0.25) is 0 Å². The summed E-state index contributed by atoms with van der Waals surface area (Å²) < 4.78 is 19.8. The average molecular weight is 308 g/mol. The summed E-state index contributed by atoms with van der Waals surface area (Å²) in [5.74, 6) is 0.844. The minimum absolute atomic E-state index is 0.231. The maximum Gasteiger partial charge on any atom is 0.168 e. The Hall–Kier alpha value is -1.38. The van der Waals surface area contributed by atoms with Crippen LogP contribution in [0.4, 0.5) is 4.39 Å². The first-order valence-electron chi connectivity index (χ1n) is 8.46. The standard InChI is InChI=1S/C19H29FO2/c1-4-9-17(21)12-7-5-6-10-16-11-8-13-18(19(16)20)22-14-15(2)3/h8,11,13,15H,4-7,9-10,12,14H2,1-3H3. The maximum absolute atomic E-state index is 14.3. The molecule has 0 saturated carbocycles. The fourth-order valence-electron chi connectivity index (χ4n) is 2.34. The Morgan fingerprint density at radius 1 is 1.18 bits per heavy atom. The van der Waals surface area contributed by atoms with E-state index in [9.17, 15) is 9.18 Å². The molecular formula is C19H29FO2. The summed E-state index contributed by atoms with van der Waals surface area (Å²) in [4.78, 5) is 11.4. The van der Waals surface area contributed by atoms with Crippen molar-refractivity contribution in [3.63, 3.8) is 0 Å². The molecule has 0 aliphatic rings. The molecule has 0 bridgehead atoms. The molecule has 0 saturated heterocycles. The van der Waals surface area contributed by atoms with Crippen molar-refractivity contribution in [2.75, 3.05) is 6.61 Å². The lowest BCUT2D eigenvalue weighted by Gasteiger charge is -2.11. The van der Waals surface area contributed by atoms with Crippen LogP contribution in [0.3, 0.4) is 0 Å². The third kappa shape index (κ3) is 7.06. The highest BCUT2D eigenvalue weighted by Gasteiger charge is 2.09. The van der Waals surface area contributed by atoms with Crippen molar-refractivity contribution in [3.05, 3.63) is 29.6 Å². The van der Waals surface area contributed by atoms with Gasteiger partial charge < -0.3 is 4.74 Å². The Labute approximate surface area is 134 Å². The van der Waals surface area contributed by atoms with E-state index < -0.39 is 0 Å². The van der Waals surface area contributed by atoms with E-state index >= 15 is 0 Å². The lowest BCUT2D eigenvalue weighted by molar-refractivity contribution is -0.119. The van der Waals surface area contributed by atoms with E-state index in [-0.39, 0.29) is 5.82 Å². The molecule has 3 heteroatoms. The van der Waals surface area contributed by atoms with Gasteiger partial charge in [-0.3, -0.25) is 4.79 Å². The Morgan fingerprint density at radius 2 is 1.95 bits per heavy atom. The third-order valence-electron chi connectivity index (χ3n) is 3.55. The molecule has 0 amide bonds. The van der Waals surface area contributed by atoms with E-state index in [0.29, 0.717) is 48.9 Å². The van der Waals surface area contributed by atoms with Gasteiger partial charge >= 0.3 is 0 Å². The Kier molecular flexibility index (Phi) is 8.79.